The third kappa shape index (κ3) is 4.96. The minimum Gasteiger partial charge on any atom is -0.493 e. The normalized spacial score (nSPS) is 10.7. The van der Waals surface area contributed by atoms with E-state index in [0.717, 1.165) is 41.9 Å². The maximum absolute atomic E-state index is 5.88. The summed E-state index contributed by atoms with van der Waals surface area (Å²) < 4.78 is 12.0. The van der Waals surface area contributed by atoms with E-state index in [1.54, 1.807) is 7.11 Å². The lowest BCUT2D eigenvalue weighted by molar-refractivity contribution is 0.171. The fraction of sp³-hybridized carbons (Fsp3) is 0.571. The molecule has 0 aromatic heterocycles. The quantitative estimate of drug-likeness (QED) is 0.747. The number of benzene rings is 1. The zero-order valence-corrected chi connectivity index (χ0v) is 13.0. The molecule has 1 aromatic carbocycles. The molecule has 1 N–H and O–H groups in total. The summed E-state index contributed by atoms with van der Waals surface area (Å²) >= 11 is 3.53. The Hall–Kier alpha value is -0.580. The van der Waals surface area contributed by atoms with Gasteiger partial charge in [-0.1, -0.05) is 22.9 Å². The standard InChI is InChI=1S/C14H22BrNO2/c1-4-16-10-12-9-13(15)8-11(2)14(12)18-7-5-6-17-3/h8-9,16H,4-7,10H2,1-3H3. The second kappa shape index (κ2) is 8.51. The molecule has 0 atom stereocenters. The van der Waals surface area contributed by atoms with Crippen LogP contribution in [0.5, 0.6) is 5.75 Å². The van der Waals surface area contributed by atoms with Crippen molar-refractivity contribution >= 4 is 15.9 Å². The number of hydrogen-bond donors (Lipinski definition) is 1. The molecule has 0 amide bonds. The summed E-state index contributed by atoms with van der Waals surface area (Å²) in [5.74, 6) is 0.996. The Morgan fingerprint density at radius 1 is 1.28 bits per heavy atom. The summed E-state index contributed by atoms with van der Waals surface area (Å²) in [5, 5.41) is 3.34. The van der Waals surface area contributed by atoms with E-state index in [-0.39, 0.29) is 0 Å². The summed E-state index contributed by atoms with van der Waals surface area (Å²) in [6, 6.07) is 4.20. The molecule has 0 saturated carbocycles. The van der Waals surface area contributed by atoms with E-state index >= 15 is 0 Å². The van der Waals surface area contributed by atoms with Crippen molar-refractivity contribution in [3.05, 3.63) is 27.7 Å². The summed E-state index contributed by atoms with van der Waals surface area (Å²) in [6.07, 6.45) is 0.909. The molecule has 0 fully saturated rings. The van der Waals surface area contributed by atoms with Crippen molar-refractivity contribution in [2.45, 2.75) is 26.8 Å². The molecule has 0 bridgehead atoms. The molecule has 0 radical (unpaired) electrons. The second-order valence-corrected chi connectivity index (χ2v) is 5.10. The van der Waals surface area contributed by atoms with Crippen LogP contribution in [0, 0.1) is 6.92 Å². The van der Waals surface area contributed by atoms with Crippen LogP contribution in [0.15, 0.2) is 16.6 Å². The molecule has 18 heavy (non-hydrogen) atoms. The number of ether oxygens (including phenoxy) is 2. The zero-order valence-electron chi connectivity index (χ0n) is 11.4. The van der Waals surface area contributed by atoms with Crippen molar-refractivity contribution in [1.82, 2.24) is 5.32 Å². The van der Waals surface area contributed by atoms with Crippen LogP contribution in [0.3, 0.4) is 0 Å². The Kier molecular flexibility index (Phi) is 7.32. The molecule has 0 heterocycles. The largest absolute Gasteiger partial charge is 0.493 e. The van der Waals surface area contributed by atoms with Gasteiger partial charge in [-0.05, 0) is 31.2 Å². The van der Waals surface area contributed by atoms with Gasteiger partial charge >= 0.3 is 0 Å². The maximum atomic E-state index is 5.88. The van der Waals surface area contributed by atoms with Crippen LogP contribution in [0.25, 0.3) is 0 Å². The Balaban J connectivity index is 2.72. The van der Waals surface area contributed by atoms with Gasteiger partial charge in [-0.15, -0.1) is 0 Å². The van der Waals surface area contributed by atoms with Gasteiger partial charge in [0.2, 0.25) is 0 Å². The molecule has 1 aromatic rings. The van der Waals surface area contributed by atoms with E-state index in [1.807, 2.05) is 0 Å². The maximum Gasteiger partial charge on any atom is 0.126 e. The molecular formula is C14H22BrNO2. The number of hydrogen-bond acceptors (Lipinski definition) is 3. The van der Waals surface area contributed by atoms with Gasteiger partial charge in [-0.25, -0.2) is 0 Å². The van der Waals surface area contributed by atoms with E-state index in [0.29, 0.717) is 6.61 Å². The lowest BCUT2D eigenvalue weighted by Gasteiger charge is -2.15. The molecule has 3 nitrogen and oxygen atoms in total. The van der Waals surface area contributed by atoms with Gasteiger partial charge in [0.1, 0.15) is 5.75 Å². The first-order valence-corrected chi connectivity index (χ1v) is 7.09. The molecule has 0 saturated heterocycles. The van der Waals surface area contributed by atoms with Crippen LogP contribution in [0.2, 0.25) is 0 Å². The Bertz CT molecular complexity index is 369. The second-order valence-electron chi connectivity index (χ2n) is 4.19. The molecule has 0 aliphatic carbocycles. The van der Waals surface area contributed by atoms with E-state index in [1.165, 1.54) is 5.56 Å². The molecule has 0 aliphatic heterocycles. The third-order valence-corrected chi connectivity index (χ3v) is 3.08. The number of halogens is 1. The summed E-state index contributed by atoms with van der Waals surface area (Å²) in [7, 11) is 1.71. The predicted molar refractivity (Wildman–Crippen MR) is 78.2 cm³/mol. The van der Waals surface area contributed by atoms with Gasteiger partial charge in [0.05, 0.1) is 6.61 Å². The average Bonchev–Trinajstić information content (AvgIpc) is 2.34. The molecular weight excluding hydrogens is 294 g/mol. The highest BCUT2D eigenvalue weighted by molar-refractivity contribution is 9.10. The topological polar surface area (TPSA) is 30.5 Å². The lowest BCUT2D eigenvalue weighted by Crippen LogP contribution is -2.14. The van der Waals surface area contributed by atoms with Crippen molar-refractivity contribution in [3.8, 4) is 5.75 Å². The summed E-state index contributed by atoms with van der Waals surface area (Å²) in [6.45, 7) is 7.38. The van der Waals surface area contributed by atoms with E-state index in [9.17, 15) is 0 Å². The molecule has 102 valence electrons. The smallest absolute Gasteiger partial charge is 0.126 e. The lowest BCUT2D eigenvalue weighted by atomic mass is 10.1. The molecule has 4 heteroatoms. The Morgan fingerprint density at radius 3 is 2.72 bits per heavy atom. The van der Waals surface area contributed by atoms with Gasteiger partial charge in [0, 0.05) is 36.7 Å². The van der Waals surface area contributed by atoms with Gasteiger partial charge in [0.25, 0.3) is 0 Å². The van der Waals surface area contributed by atoms with E-state index < -0.39 is 0 Å². The summed E-state index contributed by atoms with van der Waals surface area (Å²) in [5.41, 5.74) is 2.36. The fourth-order valence-electron chi connectivity index (χ4n) is 1.77. The predicted octanol–water partition coefficient (Wildman–Crippen LogP) is 3.28. The minimum absolute atomic E-state index is 0.690. The highest BCUT2D eigenvalue weighted by Crippen LogP contribution is 2.28. The van der Waals surface area contributed by atoms with Gasteiger partial charge in [-0.3, -0.25) is 0 Å². The highest BCUT2D eigenvalue weighted by Gasteiger charge is 2.08. The number of aryl methyl sites for hydroxylation is 1. The molecule has 0 spiro atoms. The number of rotatable bonds is 8. The monoisotopic (exact) mass is 315 g/mol. The third-order valence-electron chi connectivity index (χ3n) is 2.62. The SMILES string of the molecule is CCNCc1cc(Br)cc(C)c1OCCCOC. The van der Waals surface area contributed by atoms with Crippen molar-refractivity contribution in [2.75, 3.05) is 26.9 Å². The first-order valence-electron chi connectivity index (χ1n) is 6.30. The van der Waals surface area contributed by atoms with Crippen molar-refractivity contribution in [2.24, 2.45) is 0 Å². The van der Waals surface area contributed by atoms with Gasteiger partial charge in [0.15, 0.2) is 0 Å². The summed E-state index contributed by atoms with van der Waals surface area (Å²) in [4.78, 5) is 0. The first-order chi connectivity index (χ1) is 8.69. The Morgan fingerprint density at radius 2 is 2.06 bits per heavy atom. The van der Waals surface area contributed by atoms with Crippen LogP contribution < -0.4 is 10.1 Å². The van der Waals surface area contributed by atoms with E-state index in [4.69, 9.17) is 9.47 Å². The minimum atomic E-state index is 0.690. The first kappa shape index (κ1) is 15.5. The van der Waals surface area contributed by atoms with Crippen molar-refractivity contribution in [1.29, 1.82) is 0 Å². The van der Waals surface area contributed by atoms with Gasteiger partial charge < -0.3 is 14.8 Å². The van der Waals surface area contributed by atoms with Crippen LogP contribution in [0.4, 0.5) is 0 Å². The van der Waals surface area contributed by atoms with Crippen LogP contribution in [-0.2, 0) is 11.3 Å². The molecule has 1 rings (SSSR count). The van der Waals surface area contributed by atoms with E-state index in [2.05, 4.69) is 47.2 Å². The van der Waals surface area contributed by atoms with Crippen LogP contribution >= 0.6 is 15.9 Å². The average molecular weight is 316 g/mol. The molecule has 0 aliphatic rings. The highest BCUT2D eigenvalue weighted by atomic mass is 79.9. The fourth-order valence-corrected chi connectivity index (χ4v) is 2.39. The molecule has 0 unspecified atom stereocenters. The number of nitrogens with one attached hydrogen (secondary N) is 1. The van der Waals surface area contributed by atoms with Gasteiger partial charge in [-0.2, -0.15) is 0 Å². The van der Waals surface area contributed by atoms with Crippen molar-refractivity contribution in [3.63, 3.8) is 0 Å². The number of methoxy groups -OCH3 is 1. The van der Waals surface area contributed by atoms with Crippen LogP contribution in [0.1, 0.15) is 24.5 Å². The van der Waals surface area contributed by atoms with Crippen molar-refractivity contribution < 1.29 is 9.47 Å². The van der Waals surface area contributed by atoms with Crippen LogP contribution in [-0.4, -0.2) is 26.9 Å². The Labute approximate surface area is 118 Å². The zero-order chi connectivity index (χ0) is 13.4.